The average Bonchev–Trinajstić information content (AvgIpc) is 2.53. The zero-order valence-electron chi connectivity index (χ0n) is 12.9. The lowest BCUT2D eigenvalue weighted by Crippen LogP contribution is -2.21. The van der Waals surface area contributed by atoms with Crippen LogP contribution in [0.5, 0.6) is 5.75 Å². The predicted octanol–water partition coefficient (Wildman–Crippen LogP) is 3.63. The van der Waals surface area contributed by atoms with Crippen LogP contribution in [0.25, 0.3) is 0 Å². The van der Waals surface area contributed by atoms with Crippen LogP contribution in [0.4, 0.5) is 5.69 Å². The lowest BCUT2D eigenvalue weighted by Gasteiger charge is -2.17. The van der Waals surface area contributed by atoms with Crippen molar-refractivity contribution in [1.82, 2.24) is 4.90 Å². The van der Waals surface area contributed by atoms with Gasteiger partial charge in [0.2, 0.25) is 0 Å². The van der Waals surface area contributed by atoms with Crippen LogP contribution < -0.4 is 10.1 Å². The number of para-hydroxylation sites is 1. The van der Waals surface area contributed by atoms with E-state index in [1.807, 2.05) is 18.2 Å². The molecule has 0 aliphatic heterocycles. The fourth-order valence-corrected chi connectivity index (χ4v) is 2.26. The molecule has 1 N–H and O–H groups in total. The standard InChI is InChI=1S/C18H24N2O/c1-20(15-16-9-11-18(21-2)12-10-16)14-6-13-19-17-7-4-3-5-8-17/h3-5,7-12,19H,6,13-15H2,1-2H3. The summed E-state index contributed by atoms with van der Waals surface area (Å²) in [6, 6.07) is 18.6. The molecule has 0 bridgehead atoms. The SMILES string of the molecule is COc1ccc(CN(C)CCCNc2ccccc2)cc1. The Bertz CT molecular complexity index is 511. The maximum absolute atomic E-state index is 5.17. The molecule has 2 rings (SSSR count). The van der Waals surface area contributed by atoms with Crippen molar-refractivity contribution >= 4 is 5.69 Å². The molecular weight excluding hydrogens is 260 g/mol. The van der Waals surface area contributed by atoms with E-state index in [9.17, 15) is 0 Å². The van der Waals surface area contributed by atoms with Crippen LogP contribution in [0, 0.1) is 0 Å². The Kier molecular flexibility index (Phi) is 6.10. The van der Waals surface area contributed by atoms with Crippen molar-refractivity contribution in [2.24, 2.45) is 0 Å². The van der Waals surface area contributed by atoms with E-state index in [1.165, 1.54) is 11.3 Å². The second-order valence-electron chi connectivity index (χ2n) is 5.23. The van der Waals surface area contributed by atoms with E-state index >= 15 is 0 Å². The number of rotatable bonds is 8. The third-order valence-corrected chi connectivity index (χ3v) is 3.43. The van der Waals surface area contributed by atoms with Gasteiger partial charge in [0, 0.05) is 18.8 Å². The highest BCUT2D eigenvalue weighted by molar-refractivity contribution is 5.42. The molecular formula is C18H24N2O. The minimum Gasteiger partial charge on any atom is -0.497 e. The number of nitrogens with one attached hydrogen (secondary N) is 1. The van der Waals surface area contributed by atoms with Crippen molar-refractivity contribution in [3.05, 3.63) is 60.2 Å². The summed E-state index contributed by atoms with van der Waals surface area (Å²) in [6.45, 7) is 3.04. The summed E-state index contributed by atoms with van der Waals surface area (Å²) in [5.74, 6) is 0.911. The zero-order valence-corrected chi connectivity index (χ0v) is 12.9. The number of hydrogen-bond donors (Lipinski definition) is 1. The highest BCUT2D eigenvalue weighted by Crippen LogP contribution is 2.12. The minimum atomic E-state index is 0.911. The smallest absolute Gasteiger partial charge is 0.118 e. The van der Waals surface area contributed by atoms with E-state index in [2.05, 4.69) is 53.7 Å². The molecule has 0 saturated heterocycles. The van der Waals surface area contributed by atoms with Crippen LogP contribution in [0.15, 0.2) is 54.6 Å². The Morgan fingerprint density at radius 2 is 1.71 bits per heavy atom. The van der Waals surface area contributed by atoms with Gasteiger partial charge >= 0.3 is 0 Å². The van der Waals surface area contributed by atoms with E-state index in [0.29, 0.717) is 0 Å². The van der Waals surface area contributed by atoms with E-state index in [4.69, 9.17) is 4.74 Å². The van der Waals surface area contributed by atoms with Gasteiger partial charge in [0.15, 0.2) is 0 Å². The van der Waals surface area contributed by atoms with E-state index in [-0.39, 0.29) is 0 Å². The summed E-state index contributed by atoms with van der Waals surface area (Å²) in [5.41, 5.74) is 2.50. The number of anilines is 1. The van der Waals surface area contributed by atoms with Crippen molar-refractivity contribution in [2.45, 2.75) is 13.0 Å². The molecule has 21 heavy (non-hydrogen) atoms. The number of benzene rings is 2. The van der Waals surface area contributed by atoms with Crippen molar-refractivity contribution in [2.75, 3.05) is 32.6 Å². The average molecular weight is 284 g/mol. The molecule has 2 aromatic rings. The van der Waals surface area contributed by atoms with Crippen molar-refractivity contribution in [3.63, 3.8) is 0 Å². The van der Waals surface area contributed by atoms with Gasteiger partial charge in [-0.05, 0) is 49.8 Å². The van der Waals surface area contributed by atoms with Crippen molar-refractivity contribution < 1.29 is 4.74 Å². The summed E-state index contributed by atoms with van der Waals surface area (Å²) in [7, 11) is 3.85. The molecule has 0 fully saturated rings. The zero-order chi connectivity index (χ0) is 14.9. The van der Waals surface area contributed by atoms with Crippen LogP contribution in [0.3, 0.4) is 0 Å². The summed E-state index contributed by atoms with van der Waals surface area (Å²) in [4.78, 5) is 2.34. The molecule has 0 saturated carbocycles. The second kappa shape index (κ2) is 8.32. The van der Waals surface area contributed by atoms with E-state index in [1.54, 1.807) is 7.11 Å². The molecule has 3 nitrogen and oxygen atoms in total. The minimum absolute atomic E-state index is 0.911. The third-order valence-electron chi connectivity index (χ3n) is 3.43. The normalized spacial score (nSPS) is 10.6. The van der Waals surface area contributed by atoms with Gasteiger partial charge in [0.05, 0.1) is 7.11 Å². The van der Waals surface area contributed by atoms with Crippen LogP contribution >= 0.6 is 0 Å². The summed E-state index contributed by atoms with van der Waals surface area (Å²) < 4.78 is 5.17. The monoisotopic (exact) mass is 284 g/mol. The van der Waals surface area contributed by atoms with Gasteiger partial charge in [0.25, 0.3) is 0 Å². The first-order chi connectivity index (χ1) is 10.3. The molecule has 112 valence electrons. The molecule has 0 spiro atoms. The van der Waals surface area contributed by atoms with Crippen molar-refractivity contribution in [1.29, 1.82) is 0 Å². The largest absolute Gasteiger partial charge is 0.497 e. The first kappa shape index (κ1) is 15.4. The van der Waals surface area contributed by atoms with Gasteiger partial charge < -0.3 is 15.0 Å². The Labute approximate surface area is 127 Å². The lowest BCUT2D eigenvalue weighted by atomic mass is 10.2. The van der Waals surface area contributed by atoms with E-state index < -0.39 is 0 Å². The Balaban J connectivity index is 1.66. The van der Waals surface area contributed by atoms with Crippen molar-refractivity contribution in [3.8, 4) is 5.75 Å². The van der Waals surface area contributed by atoms with Gasteiger partial charge in [0.1, 0.15) is 5.75 Å². The van der Waals surface area contributed by atoms with Gasteiger partial charge in [-0.1, -0.05) is 30.3 Å². The topological polar surface area (TPSA) is 24.5 Å². The predicted molar refractivity (Wildman–Crippen MR) is 88.9 cm³/mol. The third kappa shape index (κ3) is 5.48. The molecule has 0 heterocycles. The summed E-state index contributed by atoms with van der Waals surface area (Å²) in [6.07, 6.45) is 1.13. The molecule has 0 aliphatic rings. The molecule has 0 radical (unpaired) electrons. The maximum atomic E-state index is 5.17. The van der Waals surface area contributed by atoms with Crippen LogP contribution in [0.1, 0.15) is 12.0 Å². The second-order valence-corrected chi connectivity index (χ2v) is 5.23. The number of methoxy groups -OCH3 is 1. The summed E-state index contributed by atoms with van der Waals surface area (Å²) in [5, 5.41) is 3.44. The number of ether oxygens (including phenoxy) is 1. The molecule has 0 aromatic heterocycles. The van der Waals surface area contributed by atoms with Gasteiger partial charge in [-0.3, -0.25) is 0 Å². The Morgan fingerprint density at radius 3 is 2.38 bits per heavy atom. The highest BCUT2D eigenvalue weighted by atomic mass is 16.5. The van der Waals surface area contributed by atoms with Crippen LogP contribution in [-0.4, -0.2) is 32.1 Å². The molecule has 0 atom stereocenters. The Hall–Kier alpha value is -2.00. The molecule has 3 heteroatoms. The lowest BCUT2D eigenvalue weighted by molar-refractivity contribution is 0.325. The highest BCUT2D eigenvalue weighted by Gasteiger charge is 2.01. The maximum Gasteiger partial charge on any atom is 0.118 e. The number of hydrogen-bond acceptors (Lipinski definition) is 3. The fraction of sp³-hybridized carbons (Fsp3) is 0.333. The van der Waals surface area contributed by atoms with E-state index in [0.717, 1.165) is 31.8 Å². The first-order valence-corrected chi connectivity index (χ1v) is 7.38. The quantitative estimate of drug-likeness (QED) is 0.749. The molecule has 0 aliphatic carbocycles. The Morgan fingerprint density at radius 1 is 1.00 bits per heavy atom. The molecule has 0 unspecified atom stereocenters. The summed E-state index contributed by atoms with van der Waals surface area (Å²) >= 11 is 0. The van der Waals surface area contributed by atoms with Gasteiger partial charge in [-0.15, -0.1) is 0 Å². The van der Waals surface area contributed by atoms with Gasteiger partial charge in [-0.25, -0.2) is 0 Å². The van der Waals surface area contributed by atoms with Crippen LogP contribution in [0.2, 0.25) is 0 Å². The molecule has 2 aromatic carbocycles. The van der Waals surface area contributed by atoms with Gasteiger partial charge in [-0.2, -0.15) is 0 Å². The first-order valence-electron chi connectivity index (χ1n) is 7.38. The molecule has 0 amide bonds. The number of nitrogens with zero attached hydrogens (tertiary/aromatic N) is 1. The fourth-order valence-electron chi connectivity index (χ4n) is 2.26. The van der Waals surface area contributed by atoms with Crippen LogP contribution in [-0.2, 0) is 6.54 Å².